The Hall–Kier alpha value is -3.28. The molecule has 3 N–H and O–H groups in total. The number of nitrogen functional groups attached to an aromatic ring is 1. The number of aryl methyl sites for hydroxylation is 2. The zero-order valence-electron chi connectivity index (χ0n) is 16.7. The number of aromatic nitrogens is 4. The van der Waals surface area contributed by atoms with Crippen molar-refractivity contribution in [3.8, 4) is 22.5 Å². The van der Waals surface area contributed by atoms with Crippen molar-refractivity contribution >= 4 is 17.0 Å². The summed E-state index contributed by atoms with van der Waals surface area (Å²) in [6.07, 6.45) is 0. The Labute approximate surface area is 163 Å². The molecule has 0 bridgehead atoms. The first-order valence-corrected chi connectivity index (χ1v) is 9.47. The van der Waals surface area contributed by atoms with E-state index < -0.39 is 0 Å². The highest BCUT2D eigenvalue weighted by Gasteiger charge is 2.17. The van der Waals surface area contributed by atoms with Crippen LogP contribution in [0.4, 0.5) is 5.95 Å². The van der Waals surface area contributed by atoms with Gasteiger partial charge >= 0.3 is 5.69 Å². The molecule has 0 fully saturated rings. The van der Waals surface area contributed by atoms with E-state index in [1.54, 1.807) is 4.57 Å². The van der Waals surface area contributed by atoms with Gasteiger partial charge in [-0.25, -0.2) is 9.78 Å². The molecule has 4 rings (SSSR count). The van der Waals surface area contributed by atoms with Crippen molar-refractivity contribution in [2.24, 2.45) is 13.0 Å². The van der Waals surface area contributed by atoms with Crippen molar-refractivity contribution in [2.75, 3.05) is 5.73 Å². The Morgan fingerprint density at radius 3 is 2.61 bits per heavy atom. The van der Waals surface area contributed by atoms with Crippen LogP contribution in [0, 0.1) is 12.8 Å². The van der Waals surface area contributed by atoms with Crippen LogP contribution in [0.2, 0.25) is 0 Å². The Morgan fingerprint density at radius 2 is 1.89 bits per heavy atom. The number of anilines is 1. The fourth-order valence-corrected chi connectivity index (χ4v) is 3.71. The Morgan fingerprint density at radius 1 is 1.11 bits per heavy atom. The quantitative estimate of drug-likeness (QED) is 0.567. The number of rotatable bonds is 4. The first kappa shape index (κ1) is 18.1. The van der Waals surface area contributed by atoms with Gasteiger partial charge in [0.05, 0.1) is 22.4 Å². The largest absolute Gasteiger partial charge is 0.369 e. The third-order valence-electron chi connectivity index (χ3n) is 5.00. The lowest BCUT2D eigenvalue weighted by Gasteiger charge is -2.07. The highest BCUT2D eigenvalue weighted by molar-refractivity contribution is 5.87. The number of H-pyrrole nitrogens is 1. The van der Waals surface area contributed by atoms with Crippen LogP contribution in [0.15, 0.2) is 47.3 Å². The van der Waals surface area contributed by atoms with Crippen molar-refractivity contribution in [3.05, 3.63) is 58.5 Å². The highest BCUT2D eigenvalue weighted by Crippen LogP contribution is 2.32. The molecule has 0 saturated heterocycles. The molecule has 6 nitrogen and oxygen atoms in total. The van der Waals surface area contributed by atoms with E-state index in [-0.39, 0.29) is 5.69 Å². The van der Waals surface area contributed by atoms with Gasteiger partial charge in [-0.15, -0.1) is 0 Å². The summed E-state index contributed by atoms with van der Waals surface area (Å²) in [5.41, 5.74) is 12.6. The molecule has 144 valence electrons. The van der Waals surface area contributed by atoms with Gasteiger partial charge in [0, 0.05) is 24.7 Å². The summed E-state index contributed by atoms with van der Waals surface area (Å²) >= 11 is 0. The summed E-state index contributed by atoms with van der Waals surface area (Å²) in [5, 5.41) is 0. The van der Waals surface area contributed by atoms with Crippen LogP contribution in [0.25, 0.3) is 33.5 Å². The van der Waals surface area contributed by atoms with E-state index in [1.165, 1.54) is 0 Å². The van der Waals surface area contributed by atoms with Gasteiger partial charge in [-0.1, -0.05) is 43.7 Å². The predicted molar refractivity (Wildman–Crippen MR) is 114 cm³/mol. The molecule has 6 heteroatoms. The summed E-state index contributed by atoms with van der Waals surface area (Å²) in [4.78, 5) is 20.4. The van der Waals surface area contributed by atoms with E-state index in [1.807, 2.05) is 41.9 Å². The first-order valence-electron chi connectivity index (χ1n) is 9.47. The van der Waals surface area contributed by atoms with Crippen LogP contribution in [0.1, 0.15) is 19.4 Å². The van der Waals surface area contributed by atoms with Crippen molar-refractivity contribution in [1.82, 2.24) is 19.1 Å². The number of nitrogens with one attached hydrogen (secondary N) is 1. The maximum absolute atomic E-state index is 12.7. The number of fused-ring (bicyclic) bond motifs is 1. The second kappa shape index (κ2) is 6.71. The molecular formula is C22H25N5O. The van der Waals surface area contributed by atoms with Crippen LogP contribution in [-0.4, -0.2) is 19.1 Å². The van der Waals surface area contributed by atoms with Gasteiger partial charge in [0.1, 0.15) is 0 Å². The average molecular weight is 375 g/mol. The molecule has 2 heterocycles. The van der Waals surface area contributed by atoms with E-state index in [9.17, 15) is 4.79 Å². The van der Waals surface area contributed by atoms with E-state index in [0.717, 1.165) is 39.1 Å². The van der Waals surface area contributed by atoms with Crippen LogP contribution in [0.3, 0.4) is 0 Å². The normalized spacial score (nSPS) is 11.6. The summed E-state index contributed by atoms with van der Waals surface area (Å²) in [7, 11) is 1.81. The van der Waals surface area contributed by atoms with E-state index in [2.05, 4.69) is 42.9 Å². The SMILES string of the molecule is Cc1cccc(-c2nc(N)[nH]c2-c2ccc3c(c2)n(C)c(=O)n3CC(C)C)c1. The number of imidazole rings is 2. The first-order chi connectivity index (χ1) is 13.3. The number of nitrogens with zero attached hydrogens (tertiary/aromatic N) is 3. The van der Waals surface area contributed by atoms with E-state index in [0.29, 0.717) is 18.4 Å². The standard InChI is InChI=1S/C22H25N5O/c1-13(2)12-27-17-9-8-16(11-18(17)26(4)22(27)28)20-19(24-21(23)25-20)15-7-5-6-14(3)10-15/h5-11,13H,12H2,1-4H3,(H3,23,24,25). The van der Waals surface area contributed by atoms with Gasteiger partial charge in [-0.2, -0.15) is 0 Å². The summed E-state index contributed by atoms with van der Waals surface area (Å²) < 4.78 is 3.54. The average Bonchev–Trinajstić information content (AvgIpc) is 3.15. The Bertz CT molecular complexity index is 1230. The minimum absolute atomic E-state index is 0.00359. The lowest BCUT2D eigenvalue weighted by molar-refractivity contribution is 0.516. The molecule has 0 radical (unpaired) electrons. The number of benzene rings is 2. The molecule has 28 heavy (non-hydrogen) atoms. The van der Waals surface area contributed by atoms with Gasteiger partial charge in [0.25, 0.3) is 0 Å². The third kappa shape index (κ3) is 3.01. The molecule has 2 aromatic carbocycles. The molecule has 0 unspecified atom stereocenters. The van der Waals surface area contributed by atoms with E-state index >= 15 is 0 Å². The summed E-state index contributed by atoms with van der Waals surface area (Å²) in [5.74, 6) is 0.765. The maximum Gasteiger partial charge on any atom is 0.328 e. The van der Waals surface area contributed by atoms with E-state index in [4.69, 9.17) is 5.73 Å². The van der Waals surface area contributed by atoms with Crippen molar-refractivity contribution in [3.63, 3.8) is 0 Å². The molecule has 0 amide bonds. The number of hydrogen-bond acceptors (Lipinski definition) is 3. The topological polar surface area (TPSA) is 81.6 Å². The van der Waals surface area contributed by atoms with Crippen LogP contribution < -0.4 is 11.4 Å². The second-order valence-electron chi connectivity index (χ2n) is 7.76. The maximum atomic E-state index is 12.7. The van der Waals surface area contributed by atoms with Gasteiger partial charge in [-0.3, -0.25) is 9.13 Å². The minimum Gasteiger partial charge on any atom is -0.369 e. The molecule has 4 aromatic rings. The number of hydrogen-bond donors (Lipinski definition) is 2. The van der Waals surface area contributed by atoms with Gasteiger partial charge in [-0.05, 0) is 31.0 Å². The molecule has 2 aromatic heterocycles. The van der Waals surface area contributed by atoms with Gasteiger partial charge in [0.15, 0.2) is 5.95 Å². The zero-order chi connectivity index (χ0) is 20.0. The fraction of sp³-hybridized carbons (Fsp3) is 0.273. The summed E-state index contributed by atoms with van der Waals surface area (Å²) in [6.45, 7) is 6.97. The minimum atomic E-state index is 0.00359. The van der Waals surface area contributed by atoms with Gasteiger partial charge < -0.3 is 10.7 Å². The summed E-state index contributed by atoms with van der Waals surface area (Å²) in [6, 6.07) is 14.2. The molecule has 0 aliphatic carbocycles. The molecule has 0 aliphatic rings. The van der Waals surface area contributed by atoms with Gasteiger partial charge in [0.2, 0.25) is 0 Å². The van der Waals surface area contributed by atoms with Crippen LogP contribution in [0.5, 0.6) is 0 Å². The lowest BCUT2D eigenvalue weighted by Crippen LogP contribution is -2.24. The molecule has 0 aliphatic heterocycles. The Balaban J connectivity index is 1.90. The zero-order valence-corrected chi connectivity index (χ0v) is 16.7. The number of aromatic amines is 1. The lowest BCUT2D eigenvalue weighted by atomic mass is 10.0. The fourth-order valence-electron chi connectivity index (χ4n) is 3.71. The molecule has 0 saturated carbocycles. The predicted octanol–water partition coefficient (Wildman–Crippen LogP) is 3.94. The van der Waals surface area contributed by atoms with Crippen LogP contribution >= 0.6 is 0 Å². The van der Waals surface area contributed by atoms with Crippen molar-refractivity contribution in [1.29, 1.82) is 0 Å². The van der Waals surface area contributed by atoms with Crippen molar-refractivity contribution in [2.45, 2.75) is 27.3 Å². The third-order valence-corrected chi connectivity index (χ3v) is 5.00. The smallest absolute Gasteiger partial charge is 0.328 e. The number of nitrogens with two attached hydrogens (primary N) is 1. The van der Waals surface area contributed by atoms with Crippen molar-refractivity contribution < 1.29 is 0 Å². The van der Waals surface area contributed by atoms with Crippen LogP contribution in [-0.2, 0) is 13.6 Å². The Kier molecular flexibility index (Phi) is 4.34. The second-order valence-corrected chi connectivity index (χ2v) is 7.76. The highest BCUT2D eigenvalue weighted by atomic mass is 16.1. The molecular weight excluding hydrogens is 350 g/mol. The molecule has 0 spiro atoms. The molecule has 0 atom stereocenters. The monoisotopic (exact) mass is 375 g/mol.